The monoisotopic (exact) mass is 221 g/mol. The summed E-state index contributed by atoms with van der Waals surface area (Å²) in [6, 6.07) is 2.78. The van der Waals surface area contributed by atoms with Gasteiger partial charge in [0.1, 0.15) is 0 Å². The number of hydrogen-bond acceptors (Lipinski definition) is 3. The van der Waals surface area contributed by atoms with Crippen molar-refractivity contribution in [3.8, 4) is 6.07 Å². The lowest BCUT2D eigenvalue weighted by Crippen LogP contribution is -2.41. The maximum Gasteiger partial charge on any atom is 0.221 e. The Kier molecular flexibility index (Phi) is 3.45. The highest BCUT2D eigenvalue weighted by Crippen LogP contribution is 2.31. The van der Waals surface area contributed by atoms with Gasteiger partial charge in [-0.05, 0) is 25.8 Å². The summed E-state index contributed by atoms with van der Waals surface area (Å²) < 4.78 is 0. The molecule has 4 heteroatoms. The Morgan fingerprint density at radius 2 is 2.06 bits per heavy atom. The van der Waals surface area contributed by atoms with Crippen LogP contribution in [-0.2, 0) is 4.79 Å². The van der Waals surface area contributed by atoms with Crippen LogP contribution in [0, 0.1) is 23.2 Å². The molecule has 0 radical (unpaired) electrons. The van der Waals surface area contributed by atoms with Crippen molar-refractivity contribution in [1.29, 1.82) is 5.26 Å². The summed E-state index contributed by atoms with van der Waals surface area (Å²) >= 11 is 0. The zero-order valence-electron chi connectivity index (χ0n) is 9.56. The molecule has 2 N–H and O–H groups in total. The zero-order chi connectivity index (χ0) is 11.5. The highest BCUT2D eigenvalue weighted by atomic mass is 16.1. The van der Waals surface area contributed by atoms with Crippen molar-refractivity contribution in [3.63, 3.8) is 0 Å². The molecule has 1 saturated heterocycles. The summed E-state index contributed by atoms with van der Waals surface area (Å²) in [7, 11) is 0. The Bertz CT molecular complexity index is 310. The minimum Gasteiger partial charge on any atom is -0.369 e. The number of carbonyl (C=O) groups excluding carboxylic acids is 1. The molecule has 2 rings (SSSR count). The summed E-state index contributed by atoms with van der Waals surface area (Å²) in [5.74, 6) is -0.0338. The van der Waals surface area contributed by atoms with Gasteiger partial charge in [-0.15, -0.1) is 0 Å². The highest BCUT2D eigenvalue weighted by molar-refractivity contribution is 5.77. The molecule has 88 valence electrons. The number of primary amides is 1. The second-order valence-electron chi connectivity index (χ2n) is 4.97. The fourth-order valence-corrected chi connectivity index (χ4v) is 3.02. The van der Waals surface area contributed by atoms with E-state index >= 15 is 0 Å². The van der Waals surface area contributed by atoms with Crippen LogP contribution in [0.4, 0.5) is 0 Å². The molecule has 3 unspecified atom stereocenters. The van der Waals surface area contributed by atoms with Gasteiger partial charge in [0.25, 0.3) is 0 Å². The molecule has 2 fully saturated rings. The van der Waals surface area contributed by atoms with Gasteiger partial charge in [0.05, 0.1) is 17.9 Å². The van der Waals surface area contributed by atoms with Crippen molar-refractivity contribution >= 4 is 5.91 Å². The van der Waals surface area contributed by atoms with E-state index in [0.717, 1.165) is 32.4 Å². The highest BCUT2D eigenvalue weighted by Gasteiger charge is 2.36. The quantitative estimate of drug-likeness (QED) is 0.752. The fourth-order valence-electron chi connectivity index (χ4n) is 3.02. The van der Waals surface area contributed by atoms with E-state index in [9.17, 15) is 4.79 Å². The summed E-state index contributed by atoms with van der Waals surface area (Å²) in [6.07, 6.45) is 5.36. The Balaban J connectivity index is 1.97. The minimum atomic E-state index is -0.188. The van der Waals surface area contributed by atoms with Crippen LogP contribution in [0.2, 0.25) is 0 Å². The Labute approximate surface area is 96.4 Å². The first-order valence-electron chi connectivity index (χ1n) is 6.15. The van der Waals surface area contributed by atoms with Crippen LogP contribution in [-0.4, -0.2) is 29.9 Å². The van der Waals surface area contributed by atoms with Crippen LogP contribution in [0.5, 0.6) is 0 Å². The lowest BCUT2D eigenvalue weighted by atomic mass is 9.84. The molecule has 0 spiro atoms. The number of nitriles is 1. The molecule has 1 amide bonds. The largest absolute Gasteiger partial charge is 0.369 e. The van der Waals surface area contributed by atoms with Gasteiger partial charge in [-0.2, -0.15) is 5.26 Å². The van der Waals surface area contributed by atoms with Crippen LogP contribution in [0.15, 0.2) is 0 Å². The third-order valence-electron chi connectivity index (χ3n) is 3.99. The Morgan fingerprint density at radius 1 is 1.31 bits per heavy atom. The van der Waals surface area contributed by atoms with E-state index in [1.165, 1.54) is 12.8 Å². The van der Waals surface area contributed by atoms with E-state index in [-0.39, 0.29) is 17.7 Å². The second kappa shape index (κ2) is 4.84. The van der Waals surface area contributed by atoms with Crippen LogP contribution in [0.3, 0.4) is 0 Å². The SMILES string of the molecule is N#CC1CCCCC1N1CCC(C(N)=O)C1. The van der Waals surface area contributed by atoms with Crippen molar-refractivity contribution in [2.24, 2.45) is 17.6 Å². The third-order valence-corrected chi connectivity index (χ3v) is 3.99. The molecular weight excluding hydrogens is 202 g/mol. The molecule has 0 aromatic rings. The van der Waals surface area contributed by atoms with Crippen molar-refractivity contribution in [3.05, 3.63) is 0 Å². The van der Waals surface area contributed by atoms with E-state index < -0.39 is 0 Å². The Morgan fingerprint density at radius 3 is 2.69 bits per heavy atom. The van der Waals surface area contributed by atoms with Gasteiger partial charge in [-0.25, -0.2) is 0 Å². The van der Waals surface area contributed by atoms with E-state index in [4.69, 9.17) is 11.0 Å². The van der Waals surface area contributed by atoms with E-state index in [1.807, 2.05) is 0 Å². The van der Waals surface area contributed by atoms with Crippen molar-refractivity contribution < 1.29 is 4.79 Å². The first kappa shape index (κ1) is 11.4. The molecule has 1 aliphatic heterocycles. The predicted octanol–water partition coefficient (Wildman–Crippen LogP) is 0.876. The van der Waals surface area contributed by atoms with Crippen molar-refractivity contribution in [1.82, 2.24) is 4.90 Å². The third kappa shape index (κ3) is 2.19. The molecule has 0 aromatic carbocycles. The standard InChI is InChI=1S/C12H19N3O/c13-7-9-3-1-2-4-11(9)15-6-5-10(8-15)12(14)16/h9-11H,1-6,8H2,(H2,14,16). The van der Waals surface area contributed by atoms with E-state index in [2.05, 4.69) is 11.0 Å². The normalized spacial score (nSPS) is 35.8. The average molecular weight is 221 g/mol. The van der Waals surface area contributed by atoms with E-state index in [1.54, 1.807) is 0 Å². The lowest BCUT2D eigenvalue weighted by molar-refractivity contribution is -0.121. The lowest BCUT2D eigenvalue weighted by Gasteiger charge is -2.34. The van der Waals surface area contributed by atoms with E-state index in [0.29, 0.717) is 6.04 Å². The number of amides is 1. The maximum absolute atomic E-state index is 11.1. The number of likely N-dealkylation sites (tertiary alicyclic amines) is 1. The summed E-state index contributed by atoms with van der Waals surface area (Å²) in [5.41, 5.74) is 5.33. The summed E-state index contributed by atoms with van der Waals surface area (Å²) in [5, 5.41) is 9.13. The van der Waals surface area contributed by atoms with Crippen LogP contribution in [0.1, 0.15) is 32.1 Å². The number of nitrogens with two attached hydrogens (primary N) is 1. The average Bonchev–Trinajstić information content (AvgIpc) is 2.78. The van der Waals surface area contributed by atoms with Gasteiger partial charge in [-0.1, -0.05) is 12.8 Å². The minimum absolute atomic E-state index is 0.00118. The number of rotatable bonds is 2. The van der Waals surface area contributed by atoms with Crippen molar-refractivity contribution in [2.45, 2.75) is 38.1 Å². The molecule has 1 aliphatic carbocycles. The molecule has 3 atom stereocenters. The number of carbonyl (C=O) groups is 1. The van der Waals surface area contributed by atoms with Gasteiger partial charge < -0.3 is 5.73 Å². The molecule has 0 aromatic heterocycles. The molecule has 4 nitrogen and oxygen atoms in total. The van der Waals surface area contributed by atoms with Gasteiger partial charge in [0.15, 0.2) is 0 Å². The maximum atomic E-state index is 11.1. The second-order valence-corrected chi connectivity index (χ2v) is 4.97. The van der Waals surface area contributed by atoms with Gasteiger partial charge in [0.2, 0.25) is 5.91 Å². The first-order chi connectivity index (χ1) is 7.72. The summed E-state index contributed by atoms with van der Waals surface area (Å²) in [6.45, 7) is 1.69. The summed E-state index contributed by atoms with van der Waals surface area (Å²) in [4.78, 5) is 13.4. The molecule has 1 saturated carbocycles. The fraction of sp³-hybridized carbons (Fsp3) is 0.833. The van der Waals surface area contributed by atoms with Crippen LogP contribution >= 0.6 is 0 Å². The zero-order valence-corrected chi connectivity index (χ0v) is 9.56. The molecule has 16 heavy (non-hydrogen) atoms. The van der Waals surface area contributed by atoms with Crippen LogP contribution in [0.25, 0.3) is 0 Å². The van der Waals surface area contributed by atoms with Gasteiger partial charge in [0, 0.05) is 12.6 Å². The molecule has 1 heterocycles. The van der Waals surface area contributed by atoms with Gasteiger partial charge >= 0.3 is 0 Å². The Hall–Kier alpha value is -1.08. The van der Waals surface area contributed by atoms with Crippen LogP contribution < -0.4 is 5.73 Å². The smallest absolute Gasteiger partial charge is 0.221 e. The predicted molar refractivity (Wildman–Crippen MR) is 60.2 cm³/mol. The number of hydrogen-bond donors (Lipinski definition) is 1. The number of nitrogens with zero attached hydrogens (tertiary/aromatic N) is 2. The molecule has 2 aliphatic rings. The van der Waals surface area contributed by atoms with Gasteiger partial charge in [-0.3, -0.25) is 9.69 Å². The molecule has 0 bridgehead atoms. The first-order valence-corrected chi connectivity index (χ1v) is 6.15. The molecular formula is C12H19N3O. The van der Waals surface area contributed by atoms with Crippen molar-refractivity contribution in [2.75, 3.05) is 13.1 Å². The topological polar surface area (TPSA) is 70.1 Å².